The molecule has 1 aromatic rings. The number of nitrogens with one attached hydrogen (secondary N) is 1. The quantitative estimate of drug-likeness (QED) is 0.821. The van der Waals surface area contributed by atoms with Crippen LogP contribution in [-0.4, -0.2) is 25.2 Å². The van der Waals surface area contributed by atoms with Crippen molar-refractivity contribution in [3.05, 3.63) is 29.8 Å². The fourth-order valence-corrected chi connectivity index (χ4v) is 1.57. The summed E-state index contributed by atoms with van der Waals surface area (Å²) >= 11 is 0. The van der Waals surface area contributed by atoms with Crippen molar-refractivity contribution in [2.75, 3.05) is 18.5 Å². The van der Waals surface area contributed by atoms with Crippen molar-refractivity contribution in [3.8, 4) is 0 Å². The highest BCUT2D eigenvalue weighted by molar-refractivity contribution is 5.94. The van der Waals surface area contributed by atoms with Gasteiger partial charge in [-0.3, -0.25) is 4.79 Å². The van der Waals surface area contributed by atoms with Gasteiger partial charge in [-0.1, -0.05) is 12.1 Å². The minimum absolute atomic E-state index is 0.213. The molecule has 5 nitrogen and oxygen atoms in total. The Morgan fingerprint density at radius 2 is 2.18 bits per heavy atom. The Morgan fingerprint density at radius 3 is 2.82 bits per heavy atom. The summed E-state index contributed by atoms with van der Waals surface area (Å²) in [5.74, 6) is -0.213. The van der Waals surface area contributed by atoms with Crippen LogP contribution in [0.1, 0.15) is 18.8 Å². The molecule has 1 amide bonds. The number of anilines is 1. The number of amides is 1. The maximum absolute atomic E-state index is 11.4. The summed E-state index contributed by atoms with van der Waals surface area (Å²) in [6.07, 6.45) is -0.331. The van der Waals surface area contributed by atoms with Crippen LogP contribution in [0.2, 0.25) is 0 Å². The average Bonchev–Trinajstić information content (AvgIpc) is 2.82. The molecule has 2 rings (SSSR count). The number of hydrogen-bond donors (Lipinski definition) is 2. The smallest absolute Gasteiger partial charge is 0.240 e. The van der Waals surface area contributed by atoms with E-state index in [9.17, 15) is 4.79 Å². The molecule has 1 fully saturated rings. The summed E-state index contributed by atoms with van der Waals surface area (Å²) in [6.45, 7) is 2.84. The zero-order valence-electron chi connectivity index (χ0n) is 9.68. The third-order valence-corrected chi connectivity index (χ3v) is 2.46. The van der Waals surface area contributed by atoms with E-state index >= 15 is 0 Å². The van der Waals surface area contributed by atoms with E-state index in [-0.39, 0.29) is 12.2 Å². The molecule has 1 atom stereocenters. The van der Waals surface area contributed by atoms with Crippen LogP contribution < -0.4 is 11.1 Å². The molecule has 1 heterocycles. The van der Waals surface area contributed by atoms with Crippen molar-refractivity contribution in [2.24, 2.45) is 5.73 Å². The summed E-state index contributed by atoms with van der Waals surface area (Å²) in [4.78, 5) is 11.4. The van der Waals surface area contributed by atoms with Crippen LogP contribution in [0.3, 0.4) is 0 Å². The molecule has 1 aromatic carbocycles. The monoisotopic (exact) mass is 236 g/mol. The Balaban J connectivity index is 2.08. The predicted octanol–water partition coefficient (Wildman–Crippen LogP) is 1.02. The van der Waals surface area contributed by atoms with Gasteiger partial charge in [-0.25, -0.2) is 0 Å². The zero-order chi connectivity index (χ0) is 12.3. The molecule has 0 saturated carbocycles. The topological polar surface area (TPSA) is 73.6 Å². The second-order valence-electron chi connectivity index (χ2n) is 3.98. The lowest BCUT2D eigenvalue weighted by Gasteiger charge is -2.12. The van der Waals surface area contributed by atoms with Crippen LogP contribution in [0.15, 0.2) is 24.3 Å². The first-order valence-corrected chi connectivity index (χ1v) is 5.56. The maximum atomic E-state index is 11.4. The number of hydrogen-bond acceptors (Lipinski definition) is 4. The largest absolute Gasteiger partial charge is 0.346 e. The Hall–Kier alpha value is -1.43. The summed E-state index contributed by atoms with van der Waals surface area (Å²) in [5.41, 5.74) is 7.07. The molecule has 0 aromatic heterocycles. The number of carbonyl (C=O) groups excluding carboxylic acids is 1. The van der Waals surface area contributed by atoms with Gasteiger partial charge in [0.1, 0.15) is 0 Å². The Bertz CT molecular complexity index is 400. The first-order chi connectivity index (χ1) is 8.16. The number of ether oxygens (including phenoxy) is 2. The fourth-order valence-electron chi connectivity index (χ4n) is 1.57. The van der Waals surface area contributed by atoms with Gasteiger partial charge in [-0.15, -0.1) is 0 Å². The molecule has 1 aliphatic heterocycles. The molecule has 3 N–H and O–H groups in total. The van der Waals surface area contributed by atoms with Crippen molar-refractivity contribution >= 4 is 11.6 Å². The fraction of sp³-hybridized carbons (Fsp3) is 0.417. The van der Waals surface area contributed by atoms with Gasteiger partial charge < -0.3 is 20.5 Å². The standard InChI is InChI=1S/C12H16N2O3/c1-8(13)11(15)14-10-4-2-3-9(7-10)12-16-5-6-17-12/h2-4,7-8,12H,5-6,13H2,1H3,(H,14,15)/t8-/m1/s1. The Kier molecular flexibility index (Phi) is 3.73. The van der Waals surface area contributed by atoms with Gasteiger partial charge in [0.2, 0.25) is 5.91 Å². The van der Waals surface area contributed by atoms with Gasteiger partial charge in [0.15, 0.2) is 6.29 Å². The second kappa shape index (κ2) is 5.27. The molecule has 0 aliphatic carbocycles. The van der Waals surface area contributed by atoms with Gasteiger partial charge in [0, 0.05) is 11.3 Å². The average molecular weight is 236 g/mol. The van der Waals surface area contributed by atoms with E-state index in [1.165, 1.54) is 0 Å². The van der Waals surface area contributed by atoms with Crippen molar-refractivity contribution in [2.45, 2.75) is 19.3 Å². The molecular weight excluding hydrogens is 220 g/mol. The van der Waals surface area contributed by atoms with Crippen molar-refractivity contribution in [1.29, 1.82) is 0 Å². The lowest BCUT2D eigenvalue weighted by atomic mass is 10.2. The highest BCUT2D eigenvalue weighted by Gasteiger charge is 2.18. The number of nitrogens with two attached hydrogens (primary N) is 1. The molecule has 5 heteroatoms. The molecule has 17 heavy (non-hydrogen) atoms. The van der Waals surface area contributed by atoms with Gasteiger partial charge in [0.25, 0.3) is 0 Å². The van der Waals surface area contributed by atoms with Gasteiger partial charge in [-0.05, 0) is 19.1 Å². The summed E-state index contributed by atoms with van der Waals surface area (Å²) in [6, 6.07) is 6.85. The molecule has 92 valence electrons. The van der Waals surface area contributed by atoms with E-state index in [4.69, 9.17) is 15.2 Å². The van der Waals surface area contributed by atoms with E-state index in [0.29, 0.717) is 18.9 Å². The highest BCUT2D eigenvalue weighted by atomic mass is 16.7. The van der Waals surface area contributed by atoms with Crippen LogP contribution in [0.25, 0.3) is 0 Å². The van der Waals surface area contributed by atoms with E-state index in [1.807, 2.05) is 18.2 Å². The van der Waals surface area contributed by atoms with Crippen molar-refractivity contribution in [1.82, 2.24) is 0 Å². The lowest BCUT2D eigenvalue weighted by molar-refractivity contribution is -0.117. The molecule has 1 saturated heterocycles. The van der Waals surface area contributed by atoms with Gasteiger partial charge >= 0.3 is 0 Å². The third-order valence-electron chi connectivity index (χ3n) is 2.46. The Labute approximate surface area is 99.9 Å². The van der Waals surface area contributed by atoms with Crippen LogP contribution in [0.4, 0.5) is 5.69 Å². The van der Waals surface area contributed by atoms with Gasteiger partial charge in [-0.2, -0.15) is 0 Å². The summed E-state index contributed by atoms with van der Waals surface area (Å²) in [5, 5.41) is 2.73. The zero-order valence-corrected chi connectivity index (χ0v) is 9.68. The lowest BCUT2D eigenvalue weighted by Crippen LogP contribution is -2.32. The minimum Gasteiger partial charge on any atom is -0.346 e. The van der Waals surface area contributed by atoms with E-state index in [2.05, 4.69) is 5.32 Å². The summed E-state index contributed by atoms with van der Waals surface area (Å²) < 4.78 is 10.8. The van der Waals surface area contributed by atoms with E-state index in [1.54, 1.807) is 13.0 Å². The normalized spacial score (nSPS) is 18.0. The predicted molar refractivity (Wildman–Crippen MR) is 63.4 cm³/mol. The molecular formula is C12H16N2O3. The first kappa shape index (κ1) is 12.0. The third kappa shape index (κ3) is 3.03. The van der Waals surface area contributed by atoms with Crippen LogP contribution in [0.5, 0.6) is 0 Å². The van der Waals surface area contributed by atoms with E-state index in [0.717, 1.165) is 5.56 Å². The number of benzene rings is 1. The van der Waals surface area contributed by atoms with Crippen LogP contribution in [-0.2, 0) is 14.3 Å². The molecule has 0 bridgehead atoms. The van der Waals surface area contributed by atoms with Crippen molar-refractivity contribution < 1.29 is 14.3 Å². The van der Waals surface area contributed by atoms with Gasteiger partial charge in [0.05, 0.1) is 19.3 Å². The number of rotatable bonds is 3. The molecule has 1 aliphatic rings. The first-order valence-electron chi connectivity index (χ1n) is 5.56. The minimum atomic E-state index is -0.530. The molecule has 0 unspecified atom stereocenters. The SMILES string of the molecule is C[C@@H](N)C(=O)Nc1cccc(C2OCCO2)c1. The summed E-state index contributed by atoms with van der Waals surface area (Å²) in [7, 11) is 0. The van der Waals surface area contributed by atoms with Crippen molar-refractivity contribution in [3.63, 3.8) is 0 Å². The van der Waals surface area contributed by atoms with E-state index < -0.39 is 6.04 Å². The number of carbonyl (C=O) groups is 1. The van der Waals surface area contributed by atoms with Crippen LogP contribution in [0, 0.1) is 0 Å². The molecule has 0 spiro atoms. The second-order valence-corrected chi connectivity index (χ2v) is 3.98. The molecule has 0 radical (unpaired) electrons. The van der Waals surface area contributed by atoms with Crippen LogP contribution >= 0.6 is 0 Å². The Morgan fingerprint density at radius 1 is 1.47 bits per heavy atom. The highest BCUT2D eigenvalue weighted by Crippen LogP contribution is 2.25. The maximum Gasteiger partial charge on any atom is 0.240 e.